The molecule has 0 atom stereocenters. The van der Waals surface area contributed by atoms with Crippen molar-refractivity contribution in [2.45, 2.75) is 18.9 Å². The second-order valence-electron chi connectivity index (χ2n) is 4.53. The summed E-state index contributed by atoms with van der Waals surface area (Å²) in [5.74, 6) is -0.570. The molecule has 7 heteroatoms. The summed E-state index contributed by atoms with van der Waals surface area (Å²) in [6, 6.07) is 4.37. The van der Waals surface area contributed by atoms with Crippen LogP contribution in [0.2, 0.25) is 5.02 Å². The van der Waals surface area contributed by atoms with Crippen LogP contribution in [0.5, 0.6) is 5.75 Å². The Labute approximate surface area is 121 Å². The van der Waals surface area contributed by atoms with E-state index in [1.807, 2.05) is 0 Å². The molecule has 1 aromatic rings. The van der Waals surface area contributed by atoms with Gasteiger partial charge in [0.25, 0.3) is 0 Å². The van der Waals surface area contributed by atoms with Gasteiger partial charge in [0.15, 0.2) is 0 Å². The zero-order chi connectivity index (χ0) is 14.7. The van der Waals surface area contributed by atoms with E-state index in [0.717, 1.165) is 12.8 Å². The van der Waals surface area contributed by atoms with Crippen molar-refractivity contribution < 1.29 is 19.4 Å². The lowest BCUT2D eigenvalue weighted by Crippen LogP contribution is -2.40. The number of carboxylic acid groups (broad SMARTS) is 1. The Balaban J connectivity index is 2.13. The summed E-state index contributed by atoms with van der Waals surface area (Å²) in [7, 11) is 1.48. The minimum atomic E-state index is -1.04. The Morgan fingerprint density at radius 1 is 1.50 bits per heavy atom. The number of nitrogens with zero attached hydrogens (tertiary/aromatic N) is 1. The van der Waals surface area contributed by atoms with Crippen LogP contribution < -0.4 is 10.1 Å². The maximum atomic E-state index is 12.2. The smallest absolute Gasteiger partial charge is 0.323 e. The Hall–Kier alpha value is -1.95. The van der Waals surface area contributed by atoms with Crippen LogP contribution in [0.4, 0.5) is 10.5 Å². The van der Waals surface area contributed by atoms with Gasteiger partial charge in [-0.05, 0) is 31.0 Å². The van der Waals surface area contributed by atoms with Crippen LogP contribution in [-0.2, 0) is 4.79 Å². The number of carbonyl (C=O) groups is 2. The molecule has 0 aromatic heterocycles. The monoisotopic (exact) mass is 298 g/mol. The fourth-order valence-electron chi connectivity index (χ4n) is 1.86. The van der Waals surface area contributed by atoms with E-state index in [0.29, 0.717) is 16.5 Å². The van der Waals surface area contributed by atoms with Gasteiger partial charge in [-0.2, -0.15) is 0 Å². The van der Waals surface area contributed by atoms with Crippen LogP contribution in [0.3, 0.4) is 0 Å². The van der Waals surface area contributed by atoms with Gasteiger partial charge in [0.1, 0.15) is 12.3 Å². The Morgan fingerprint density at radius 3 is 2.75 bits per heavy atom. The second-order valence-corrected chi connectivity index (χ2v) is 4.96. The average Bonchev–Trinajstić information content (AvgIpc) is 3.20. The first-order valence-electron chi connectivity index (χ1n) is 6.14. The summed E-state index contributed by atoms with van der Waals surface area (Å²) in [4.78, 5) is 24.3. The zero-order valence-corrected chi connectivity index (χ0v) is 11.7. The van der Waals surface area contributed by atoms with Gasteiger partial charge in [-0.1, -0.05) is 11.6 Å². The summed E-state index contributed by atoms with van der Waals surface area (Å²) in [5.41, 5.74) is 0.418. The molecule has 1 saturated carbocycles. The number of carbonyl (C=O) groups excluding carboxylic acids is 1. The van der Waals surface area contributed by atoms with E-state index >= 15 is 0 Å². The van der Waals surface area contributed by atoms with Crippen LogP contribution in [0.15, 0.2) is 18.2 Å². The molecule has 0 unspecified atom stereocenters. The molecule has 1 aromatic carbocycles. The third kappa shape index (κ3) is 3.54. The molecule has 0 radical (unpaired) electrons. The summed E-state index contributed by atoms with van der Waals surface area (Å²) in [6.45, 7) is -0.320. The van der Waals surface area contributed by atoms with Crippen molar-refractivity contribution in [2.75, 3.05) is 19.0 Å². The number of rotatable bonds is 5. The first-order chi connectivity index (χ1) is 9.51. The highest BCUT2D eigenvalue weighted by molar-refractivity contribution is 6.31. The molecule has 6 nitrogen and oxygen atoms in total. The van der Waals surface area contributed by atoms with E-state index in [2.05, 4.69) is 5.32 Å². The molecule has 0 bridgehead atoms. The van der Waals surface area contributed by atoms with Crippen LogP contribution in [0, 0.1) is 0 Å². The quantitative estimate of drug-likeness (QED) is 0.875. The first-order valence-corrected chi connectivity index (χ1v) is 6.52. The van der Waals surface area contributed by atoms with Crippen LogP contribution >= 0.6 is 11.6 Å². The third-order valence-electron chi connectivity index (χ3n) is 2.96. The van der Waals surface area contributed by atoms with Gasteiger partial charge in [0.2, 0.25) is 0 Å². The number of benzene rings is 1. The van der Waals surface area contributed by atoms with Crippen LogP contribution in [-0.4, -0.2) is 41.7 Å². The van der Waals surface area contributed by atoms with Gasteiger partial charge in [-0.15, -0.1) is 0 Å². The number of anilines is 1. The molecule has 1 aliphatic carbocycles. The highest BCUT2D eigenvalue weighted by Crippen LogP contribution is 2.30. The molecule has 0 heterocycles. The normalized spacial score (nSPS) is 13.7. The van der Waals surface area contributed by atoms with Crippen LogP contribution in [0.25, 0.3) is 0 Å². The van der Waals surface area contributed by atoms with Gasteiger partial charge < -0.3 is 20.1 Å². The van der Waals surface area contributed by atoms with Gasteiger partial charge in [-0.3, -0.25) is 4.79 Å². The highest BCUT2D eigenvalue weighted by atomic mass is 35.5. The molecular formula is C13H15ClN2O4. The SMILES string of the molecule is COc1ccc(Cl)cc1NC(=O)N(CC(=O)O)C1CC1. The third-order valence-corrected chi connectivity index (χ3v) is 3.19. The fraction of sp³-hybridized carbons (Fsp3) is 0.385. The van der Waals surface area contributed by atoms with Gasteiger partial charge in [0.05, 0.1) is 12.8 Å². The standard InChI is InChI=1S/C13H15ClN2O4/c1-20-11-5-2-8(14)6-10(11)15-13(19)16(7-12(17)18)9-3-4-9/h2,5-6,9H,3-4,7H2,1H3,(H,15,19)(H,17,18). The molecule has 0 spiro atoms. The van der Waals surface area contributed by atoms with Crippen molar-refractivity contribution >= 4 is 29.3 Å². The number of halogens is 1. The van der Waals surface area contributed by atoms with Crippen molar-refractivity contribution in [1.82, 2.24) is 4.90 Å². The Morgan fingerprint density at radius 2 is 2.20 bits per heavy atom. The minimum absolute atomic E-state index is 0.00345. The molecule has 108 valence electrons. The fourth-order valence-corrected chi connectivity index (χ4v) is 2.04. The molecule has 2 amide bonds. The number of ether oxygens (including phenoxy) is 1. The molecule has 0 aliphatic heterocycles. The molecular weight excluding hydrogens is 284 g/mol. The van der Waals surface area contributed by atoms with E-state index in [1.54, 1.807) is 18.2 Å². The molecule has 1 fully saturated rings. The molecule has 0 saturated heterocycles. The van der Waals surface area contributed by atoms with E-state index in [-0.39, 0.29) is 12.6 Å². The number of hydrogen-bond acceptors (Lipinski definition) is 3. The van der Waals surface area contributed by atoms with Crippen molar-refractivity contribution in [3.8, 4) is 5.75 Å². The number of urea groups is 1. The Kier molecular flexibility index (Phi) is 4.34. The minimum Gasteiger partial charge on any atom is -0.495 e. The maximum absolute atomic E-state index is 12.2. The lowest BCUT2D eigenvalue weighted by Gasteiger charge is -2.21. The molecule has 2 rings (SSSR count). The van der Waals surface area contributed by atoms with Gasteiger partial charge in [0, 0.05) is 11.1 Å². The first kappa shape index (κ1) is 14.5. The van der Waals surface area contributed by atoms with Gasteiger partial charge >= 0.3 is 12.0 Å². The topological polar surface area (TPSA) is 78.9 Å². The summed E-state index contributed by atoms with van der Waals surface area (Å²) >= 11 is 5.88. The lowest BCUT2D eigenvalue weighted by atomic mass is 10.3. The molecule has 20 heavy (non-hydrogen) atoms. The highest BCUT2D eigenvalue weighted by Gasteiger charge is 2.34. The van der Waals surface area contributed by atoms with Crippen molar-refractivity contribution in [3.63, 3.8) is 0 Å². The number of amides is 2. The summed E-state index contributed by atoms with van der Waals surface area (Å²) in [6.07, 6.45) is 1.65. The van der Waals surface area contributed by atoms with Crippen molar-refractivity contribution in [2.24, 2.45) is 0 Å². The molecule has 2 N–H and O–H groups in total. The second kappa shape index (κ2) is 6.00. The number of hydrogen-bond donors (Lipinski definition) is 2. The zero-order valence-electron chi connectivity index (χ0n) is 10.9. The van der Waals surface area contributed by atoms with Crippen molar-refractivity contribution in [3.05, 3.63) is 23.2 Å². The average molecular weight is 299 g/mol. The number of aliphatic carboxylic acids is 1. The summed E-state index contributed by atoms with van der Waals surface area (Å²) < 4.78 is 5.13. The Bertz CT molecular complexity index is 531. The van der Waals surface area contributed by atoms with Gasteiger partial charge in [-0.25, -0.2) is 4.79 Å². The maximum Gasteiger partial charge on any atom is 0.323 e. The predicted molar refractivity (Wildman–Crippen MR) is 74.4 cm³/mol. The predicted octanol–water partition coefficient (Wildman–Crippen LogP) is 2.43. The largest absolute Gasteiger partial charge is 0.495 e. The van der Waals surface area contributed by atoms with E-state index in [4.69, 9.17) is 21.4 Å². The van der Waals surface area contributed by atoms with Crippen molar-refractivity contribution in [1.29, 1.82) is 0 Å². The lowest BCUT2D eigenvalue weighted by molar-refractivity contribution is -0.137. The number of nitrogens with one attached hydrogen (secondary N) is 1. The summed E-state index contributed by atoms with van der Waals surface area (Å²) in [5, 5.41) is 12.0. The van der Waals surface area contributed by atoms with E-state index in [1.165, 1.54) is 12.0 Å². The van der Waals surface area contributed by atoms with Crippen LogP contribution in [0.1, 0.15) is 12.8 Å². The number of methoxy groups -OCH3 is 1. The number of carboxylic acids is 1. The molecule has 1 aliphatic rings. The van der Waals surface area contributed by atoms with E-state index < -0.39 is 12.0 Å². The van der Waals surface area contributed by atoms with E-state index in [9.17, 15) is 9.59 Å².